The Hall–Kier alpha value is -2.02. The molecule has 0 aliphatic heterocycles. The third-order valence-electron chi connectivity index (χ3n) is 2.79. The largest absolute Gasteiger partial charge is 0.340 e. The molecule has 0 amide bonds. The van der Waals surface area contributed by atoms with Gasteiger partial charge in [0.1, 0.15) is 11.3 Å². The number of nitrogens with zero attached hydrogens (tertiary/aromatic N) is 6. The highest BCUT2D eigenvalue weighted by atomic mass is 35.5. The van der Waals surface area contributed by atoms with E-state index in [1.54, 1.807) is 11.0 Å². The second-order valence-corrected chi connectivity index (χ2v) is 4.32. The van der Waals surface area contributed by atoms with Crippen molar-refractivity contribution in [2.24, 2.45) is 0 Å². The van der Waals surface area contributed by atoms with E-state index in [2.05, 4.69) is 30.0 Å². The zero-order valence-electron chi connectivity index (χ0n) is 10.6. The number of aromatic amines is 1. The topological polar surface area (TPSA) is 85.2 Å². The minimum Gasteiger partial charge on any atom is -0.340 e. The van der Waals surface area contributed by atoms with Gasteiger partial charge in [-0.1, -0.05) is 13.8 Å². The van der Waals surface area contributed by atoms with Crippen LogP contribution in [-0.2, 0) is 12.8 Å². The molecule has 7 nitrogen and oxygen atoms in total. The summed E-state index contributed by atoms with van der Waals surface area (Å²) in [7, 11) is 0. The van der Waals surface area contributed by atoms with Gasteiger partial charge < -0.3 is 4.98 Å². The van der Waals surface area contributed by atoms with Crippen molar-refractivity contribution < 1.29 is 0 Å². The highest BCUT2D eigenvalue weighted by Gasteiger charge is 2.16. The number of aromatic nitrogens is 7. The SMILES string of the molecule is CCc1nc(CC)n(-c2nc(Cl)nc3nc[nH]c23)n1. The summed E-state index contributed by atoms with van der Waals surface area (Å²) in [6.45, 7) is 4.03. The number of halogens is 1. The van der Waals surface area contributed by atoms with Gasteiger partial charge in [-0.25, -0.2) is 9.97 Å². The van der Waals surface area contributed by atoms with Crippen LogP contribution < -0.4 is 0 Å². The van der Waals surface area contributed by atoms with Crippen LogP contribution in [0.3, 0.4) is 0 Å². The summed E-state index contributed by atoms with van der Waals surface area (Å²) >= 11 is 5.93. The summed E-state index contributed by atoms with van der Waals surface area (Å²) < 4.78 is 1.70. The smallest absolute Gasteiger partial charge is 0.226 e. The number of rotatable bonds is 3. The Morgan fingerprint density at radius 1 is 1.21 bits per heavy atom. The summed E-state index contributed by atoms with van der Waals surface area (Å²) in [6, 6.07) is 0. The maximum atomic E-state index is 5.93. The van der Waals surface area contributed by atoms with E-state index in [1.807, 2.05) is 13.8 Å². The first-order chi connectivity index (χ1) is 9.22. The van der Waals surface area contributed by atoms with Gasteiger partial charge in [-0.2, -0.15) is 14.6 Å². The van der Waals surface area contributed by atoms with Gasteiger partial charge in [0.15, 0.2) is 17.3 Å². The zero-order chi connectivity index (χ0) is 13.4. The summed E-state index contributed by atoms with van der Waals surface area (Å²) in [4.78, 5) is 19.9. The third-order valence-corrected chi connectivity index (χ3v) is 2.96. The molecule has 3 aromatic rings. The van der Waals surface area contributed by atoms with Crippen molar-refractivity contribution in [3.63, 3.8) is 0 Å². The van der Waals surface area contributed by atoms with Crippen LogP contribution in [0.15, 0.2) is 6.33 Å². The number of H-pyrrole nitrogens is 1. The van der Waals surface area contributed by atoms with Crippen LogP contribution in [0.1, 0.15) is 25.5 Å². The Bertz CT molecular complexity index is 730. The van der Waals surface area contributed by atoms with Gasteiger partial charge >= 0.3 is 0 Å². The fourth-order valence-corrected chi connectivity index (χ4v) is 2.05. The molecule has 8 heteroatoms. The van der Waals surface area contributed by atoms with Gasteiger partial charge in [0.2, 0.25) is 5.28 Å². The lowest BCUT2D eigenvalue weighted by molar-refractivity contribution is 0.771. The molecule has 3 aromatic heterocycles. The Morgan fingerprint density at radius 2 is 2.05 bits per heavy atom. The molecule has 0 saturated carbocycles. The first-order valence-corrected chi connectivity index (χ1v) is 6.42. The third kappa shape index (κ3) is 1.95. The fourth-order valence-electron chi connectivity index (χ4n) is 1.89. The van der Waals surface area contributed by atoms with E-state index >= 15 is 0 Å². The molecule has 1 N–H and O–H groups in total. The van der Waals surface area contributed by atoms with Crippen LogP contribution in [0.25, 0.3) is 17.0 Å². The second kappa shape index (κ2) is 4.58. The maximum absolute atomic E-state index is 5.93. The minimum atomic E-state index is 0.144. The van der Waals surface area contributed by atoms with Crippen LogP contribution in [0.2, 0.25) is 5.28 Å². The summed E-state index contributed by atoms with van der Waals surface area (Å²) in [6.07, 6.45) is 3.08. The van der Waals surface area contributed by atoms with Crippen molar-refractivity contribution in [2.75, 3.05) is 0 Å². The molecule has 3 rings (SSSR count). The minimum absolute atomic E-state index is 0.144. The van der Waals surface area contributed by atoms with Crippen LogP contribution in [-0.4, -0.2) is 34.7 Å². The molecule has 0 atom stereocenters. The molecule has 0 bridgehead atoms. The molecule has 98 valence electrons. The van der Waals surface area contributed by atoms with Gasteiger partial charge in [0.25, 0.3) is 0 Å². The van der Waals surface area contributed by atoms with E-state index < -0.39 is 0 Å². The Kier molecular flexibility index (Phi) is 2.90. The average molecular weight is 278 g/mol. The molecule has 0 aliphatic carbocycles. The van der Waals surface area contributed by atoms with Crippen molar-refractivity contribution >= 4 is 22.8 Å². The molecule has 0 fully saturated rings. The predicted molar refractivity (Wildman–Crippen MR) is 70.4 cm³/mol. The van der Waals surface area contributed by atoms with Crippen molar-refractivity contribution in [2.45, 2.75) is 26.7 Å². The van der Waals surface area contributed by atoms with Crippen molar-refractivity contribution in [3.05, 3.63) is 23.3 Å². The molecule has 0 radical (unpaired) electrons. The highest BCUT2D eigenvalue weighted by Crippen LogP contribution is 2.19. The van der Waals surface area contributed by atoms with Crippen molar-refractivity contribution in [3.8, 4) is 5.82 Å². The van der Waals surface area contributed by atoms with E-state index in [0.29, 0.717) is 17.0 Å². The van der Waals surface area contributed by atoms with E-state index in [4.69, 9.17) is 11.6 Å². The molecular formula is C11H12ClN7. The van der Waals surface area contributed by atoms with Gasteiger partial charge in [0.05, 0.1) is 6.33 Å². The molecule has 0 aliphatic rings. The van der Waals surface area contributed by atoms with E-state index in [1.165, 1.54) is 0 Å². The zero-order valence-corrected chi connectivity index (χ0v) is 11.3. The number of aryl methyl sites for hydroxylation is 2. The van der Waals surface area contributed by atoms with E-state index in [-0.39, 0.29) is 5.28 Å². The molecule has 0 spiro atoms. The quantitative estimate of drug-likeness (QED) is 0.737. The molecule has 0 aromatic carbocycles. The average Bonchev–Trinajstić information content (AvgIpc) is 3.03. The first kappa shape index (κ1) is 12.0. The molecule has 0 saturated heterocycles. The van der Waals surface area contributed by atoms with Crippen molar-refractivity contribution in [1.82, 2.24) is 34.7 Å². The fraction of sp³-hybridized carbons (Fsp3) is 0.364. The van der Waals surface area contributed by atoms with Gasteiger partial charge in [-0.05, 0) is 11.6 Å². The Morgan fingerprint density at radius 3 is 2.79 bits per heavy atom. The lowest BCUT2D eigenvalue weighted by Gasteiger charge is -2.04. The van der Waals surface area contributed by atoms with Gasteiger partial charge in [-0.3, -0.25) is 0 Å². The van der Waals surface area contributed by atoms with E-state index in [0.717, 1.165) is 24.5 Å². The maximum Gasteiger partial charge on any atom is 0.226 e. The van der Waals surface area contributed by atoms with Crippen LogP contribution in [0.4, 0.5) is 0 Å². The highest BCUT2D eigenvalue weighted by molar-refractivity contribution is 6.28. The second-order valence-electron chi connectivity index (χ2n) is 3.98. The lowest BCUT2D eigenvalue weighted by Crippen LogP contribution is -2.06. The van der Waals surface area contributed by atoms with Gasteiger partial charge in [-0.15, -0.1) is 5.10 Å². The first-order valence-electron chi connectivity index (χ1n) is 6.04. The Balaban J connectivity index is 2.28. The number of imidazole rings is 1. The van der Waals surface area contributed by atoms with Crippen LogP contribution >= 0.6 is 11.6 Å². The summed E-state index contributed by atoms with van der Waals surface area (Å²) in [5.74, 6) is 2.19. The number of fused-ring (bicyclic) bond motifs is 1. The van der Waals surface area contributed by atoms with Crippen molar-refractivity contribution in [1.29, 1.82) is 0 Å². The molecule has 3 heterocycles. The van der Waals surface area contributed by atoms with Gasteiger partial charge in [0, 0.05) is 12.8 Å². The summed E-state index contributed by atoms with van der Waals surface area (Å²) in [5, 5.41) is 4.59. The monoisotopic (exact) mass is 277 g/mol. The normalized spacial score (nSPS) is 11.3. The molecular weight excluding hydrogens is 266 g/mol. The predicted octanol–water partition coefficient (Wildman–Crippen LogP) is 1.71. The molecule has 19 heavy (non-hydrogen) atoms. The number of hydrogen-bond donors (Lipinski definition) is 1. The standard InChI is InChI=1S/C11H12ClN7/c1-3-6-15-7(4-2)19(18-6)10-8-9(14-5-13-8)16-11(12)17-10/h5H,3-4H2,1-2H3,(H,13,14,16,17). The lowest BCUT2D eigenvalue weighted by atomic mass is 10.4. The van der Waals surface area contributed by atoms with Crippen LogP contribution in [0, 0.1) is 0 Å². The van der Waals surface area contributed by atoms with Crippen LogP contribution in [0.5, 0.6) is 0 Å². The molecule has 0 unspecified atom stereocenters. The number of nitrogens with one attached hydrogen (secondary N) is 1. The van der Waals surface area contributed by atoms with E-state index in [9.17, 15) is 0 Å². The number of hydrogen-bond acceptors (Lipinski definition) is 5. The Labute approximate surface area is 114 Å². The summed E-state index contributed by atoms with van der Waals surface area (Å²) in [5.41, 5.74) is 1.22.